The third-order valence-corrected chi connectivity index (χ3v) is 4.27. The van der Waals surface area contributed by atoms with Crippen LogP contribution >= 0.6 is 11.6 Å². The van der Waals surface area contributed by atoms with E-state index in [1.54, 1.807) is 0 Å². The summed E-state index contributed by atoms with van der Waals surface area (Å²) in [7, 11) is 0. The molecule has 0 bridgehead atoms. The van der Waals surface area contributed by atoms with E-state index >= 15 is 0 Å². The zero-order valence-electron chi connectivity index (χ0n) is 11.7. The van der Waals surface area contributed by atoms with Crippen LogP contribution in [0.25, 0.3) is 0 Å². The summed E-state index contributed by atoms with van der Waals surface area (Å²) in [4.78, 5) is 0. The largest absolute Gasteiger partial charge is 0.310 e. The van der Waals surface area contributed by atoms with Crippen LogP contribution in [-0.2, 0) is 6.54 Å². The smallest absolute Gasteiger partial charge is 0.0560 e. The highest BCUT2D eigenvalue weighted by Crippen LogP contribution is 2.37. The van der Waals surface area contributed by atoms with Crippen molar-refractivity contribution in [2.24, 2.45) is 0 Å². The molecule has 1 unspecified atom stereocenters. The highest BCUT2D eigenvalue weighted by molar-refractivity contribution is 6.30. The first-order valence-electron chi connectivity index (χ1n) is 7.19. The predicted octanol–water partition coefficient (Wildman–Crippen LogP) is 3.46. The monoisotopic (exact) mass is 289 g/mol. The van der Waals surface area contributed by atoms with E-state index < -0.39 is 0 Å². The van der Waals surface area contributed by atoms with E-state index in [0.29, 0.717) is 18.0 Å². The van der Waals surface area contributed by atoms with Gasteiger partial charge in [-0.1, -0.05) is 23.7 Å². The molecule has 2 aromatic rings. The zero-order valence-corrected chi connectivity index (χ0v) is 12.4. The SMILES string of the molecule is CC(Cn1cccn1)NC1CC(c2ccc(Cl)cc2)C1. The molecular formula is C16H20ClN3. The molecule has 3 rings (SSSR count). The van der Waals surface area contributed by atoms with Crippen molar-refractivity contribution in [3.63, 3.8) is 0 Å². The summed E-state index contributed by atoms with van der Waals surface area (Å²) in [5.41, 5.74) is 1.41. The molecule has 1 aliphatic rings. The fraction of sp³-hybridized carbons (Fsp3) is 0.438. The van der Waals surface area contributed by atoms with Crippen LogP contribution in [0, 0.1) is 0 Å². The molecule has 1 fully saturated rings. The number of benzene rings is 1. The van der Waals surface area contributed by atoms with Gasteiger partial charge in [0.05, 0.1) is 6.54 Å². The molecule has 4 heteroatoms. The van der Waals surface area contributed by atoms with Gasteiger partial charge in [-0.25, -0.2) is 0 Å². The second-order valence-electron chi connectivity index (χ2n) is 5.71. The molecule has 1 aromatic heterocycles. The van der Waals surface area contributed by atoms with Crippen LogP contribution in [0.4, 0.5) is 0 Å². The Hall–Kier alpha value is -1.32. The van der Waals surface area contributed by atoms with Crippen molar-refractivity contribution in [1.82, 2.24) is 15.1 Å². The lowest BCUT2D eigenvalue weighted by molar-refractivity contribution is 0.258. The van der Waals surface area contributed by atoms with E-state index in [1.807, 2.05) is 35.3 Å². The molecule has 1 aromatic carbocycles. The fourth-order valence-electron chi connectivity index (χ4n) is 2.91. The third kappa shape index (κ3) is 3.22. The lowest BCUT2D eigenvalue weighted by atomic mass is 9.75. The third-order valence-electron chi connectivity index (χ3n) is 4.02. The maximum absolute atomic E-state index is 5.92. The molecule has 1 saturated carbocycles. The quantitative estimate of drug-likeness (QED) is 0.913. The van der Waals surface area contributed by atoms with Gasteiger partial charge in [-0.15, -0.1) is 0 Å². The van der Waals surface area contributed by atoms with Crippen LogP contribution in [0.15, 0.2) is 42.7 Å². The molecule has 1 atom stereocenters. The topological polar surface area (TPSA) is 29.9 Å². The average molecular weight is 290 g/mol. The number of rotatable bonds is 5. The number of halogens is 1. The Labute approximate surface area is 124 Å². The summed E-state index contributed by atoms with van der Waals surface area (Å²) < 4.78 is 1.98. The van der Waals surface area contributed by atoms with Crippen LogP contribution in [0.5, 0.6) is 0 Å². The fourth-order valence-corrected chi connectivity index (χ4v) is 3.03. The molecule has 0 aliphatic heterocycles. The van der Waals surface area contributed by atoms with Gasteiger partial charge in [0.2, 0.25) is 0 Å². The lowest BCUT2D eigenvalue weighted by Crippen LogP contribution is -2.45. The molecule has 0 amide bonds. The van der Waals surface area contributed by atoms with E-state index in [-0.39, 0.29) is 0 Å². The zero-order chi connectivity index (χ0) is 13.9. The minimum atomic E-state index is 0.450. The van der Waals surface area contributed by atoms with E-state index in [0.717, 1.165) is 11.6 Å². The van der Waals surface area contributed by atoms with E-state index in [2.05, 4.69) is 29.5 Å². The molecule has 1 aliphatic carbocycles. The molecule has 1 heterocycles. The molecular weight excluding hydrogens is 270 g/mol. The molecule has 0 radical (unpaired) electrons. The van der Waals surface area contributed by atoms with Crippen molar-refractivity contribution in [2.45, 2.75) is 44.3 Å². The van der Waals surface area contributed by atoms with Crippen molar-refractivity contribution >= 4 is 11.6 Å². The highest BCUT2D eigenvalue weighted by Gasteiger charge is 2.30. The van der Waals surface area contributed by atoms with E-state index in [4.69, 9.17) is 11.6 Å². The van der Waals surface area contributed by atoms with Gasteiger partial charge >= 0.3 is 0 Å². The van der Waals surface area contributed by atoms with Gasteiger partial charge in [0, 0.05) is 29.5 Å². The van der Waals surface area contributed by atoms with Crippen LogP contribution in [0.1, 0.15) is 31.2 Å². The molecule has 20 heavy (non-hydrogen) atoms. The van der Waals surface area contributed by atoms with E-state index in [1.165, 1.54) is 18.4 Å². The summed E-state index contributed by atoms with van der Waals surface area (Å²) in [6.45, 7) is 3.15. The van der Waals surface area contributed by atoms with Crippen LogP contribution in [0.2, 0.25) is 5.02 Å². The minimum absolute atomic E-state index is 0.450. The van der Waals surface area contributed by atoms with Gasteiger partial charge in [-0.05, 0) is 49.4 Å². The Balaban J connectivity index is 1.45. The van der Waals surface area contributed by atoms with Gasteiger partial charge in [-0.3, -0.25) is 4.68 Å². The summed E-state index contributed by atoms with van der Waals surface area (Å²) in [6, 6.07) is 11.3. The highest BCUT2D eigenvalue weighted by atomic mass is 35.5. The normalized spacial score (nSPS) is 23.3. The summed E-state index contributed by atoms with van der Waals surface area (Å²) in [5.74, 6) is 0.682. The van der Waals surface area contributed by atoms with Crippen LogP contribution in [-0.4, -0.2) is 21.9 Å². The van der Waals surface area contributed by atoms with Crippen molar-refractivity contribution in [3.05, 3.63) is 53.3 Å². The molecule has 1 N–H and O–H groups in total. The second-order valence-corrected chi connectivity index (χ2v) is 6.15. The number of hydrogen-bond acceptors (Lipinski definition) is 2. The van der Waals surface area contributed by atoms with Gasteiger partial charge in [0.15, 0.2) is 0 Å². The molecule has 106 valence electrons. The predicted molar refractivity (Wildman–Crippen MR) is 82.0 cm³/mol. The van der Waals surface area contributed by atoms with E-state index in [9.17, 15) is 0 Å². The van der Waals surface area contributed by atoms with Crippen LogP contribution in [0.3, 0.4) is 0 Å². The Kier molecular flexibility index (Phi) is 4.08. The van der Waals surface area contributed by atoms with Gasteiger partial charge in [0.25, 0.3) is 0 Å². The standard InChI is InChI=1S/C16H20ClN3/c1-12(11-20-8-2-7-18-20)19-16-9-14(10-16)13-3-5-15(17)6-4-13/h2-8,12,14,16,19H,9-11H2,1H3. The van der Waals surface area contributed by atoms with Crippen molar-refractivity contribution in [3.8, 4) is 0 Å². The first-order valence-corrected chi connectivity index (χ1v) is 7.57. The Morgan fingerprint density at radius 3 is 2.75 bits per heavy atom. The average Bonchev–Trinajstić information content (AvgIpc) is 2.87. The Bertz CT molecular complexity index is 529. The number of hydrogen-bond donors (Lipinski definition) is 1. The van der Waals surface area contributed by atoms with Crippen molar-refractivity contribution in [2.75, 3.05) is 0 Å². The Morgan fingerprint density at radius 1 is 1.35 bits per heavy atom. The van der Waals surface area contributed by atoms with Crippen LogP contribution < -0.4 is 5.32 Å². The number of nitrogens with zero attached hydrogens (tertiary/aromatic N) is 2. The molecule has 0 spiro atoms. The lowest BCUT2D eigenvalue weighted by Gasteiger charge is -2.38. The first-order chi connectivity index (χ1) is 9.70. The number of nitrogens with one attached hydrogen (secondary N) is 1. The van der Waals surface area contributed by atoms with Gasteiger partial charge in [0.1, 0.15) is 0 Å². The molecule has 0 saturated heterocycles. The summed E-state index contributed by atoms with van der Waals surface area (Å²) in [5, 5.41) is 8.74. The number of aromatic nitrogens is 2. The minimum Gasteiger partial charge on any atom is -0.310 e. The molecule has 3 nitrogen and oxygen atoms in total. The summed E-state index contributed by atoms with van der Waals surface area (Å²) in [6.07, 6.45) is 6.26. The maximum Gasteiger partial charge on any atom is 0.0560 e. The first kappa shape index (κ1) is 13.7. The van der Waals surface area contributed by atoms with Crippen molar-refractivity contribution < 1.29 is 0 Å². The maximum atomic E-state index is 5.92. The van der Waals surface area contributed by atoms with Crippen molar-refractivity contribution in [1.29, 1.82) is 0 Å². The summed E-state index contributed by atoms with van der Waals surface area (Å²) >= 11 is 5.92. The Morgan fingerprint density at radius 2 is 2.10 bits per heavy atom. The van der Waals surface area contributed by atoms with Gasteiger partial charge in [-0.2, -0.15) is 5.10 Å². The van der Waals surface area contributed by atoms with Gasteiger partial charge < -0.3 is 5.32 Å². The second kappa shape index (κ2) is 5.98.